The summed E-state index contributed by atoms with van der Waals surface area (Å²) in [5.74, 6) is 1.95. The van der Waals surface area contributed by atoms with Crippen molar-refractivity contribution in [2.45, 2.75) is 13.0 Å². The average Bonchev–Trinajstić information content (AvgIpc) is 3.20. The molecule has 0 unspecified atom stereocenters. The number of nitrogens with zero attached hydrogens (tertiary/aromatic N) is 4. The fourth-order valence-electron chi connectivity index (χ4n) is 2.60. The molecule has 0 amide bonds. The van der Waals surface area contributed by atoms with Crippen LogP contribution in [0.1, 0.15) is 5.82 Å². The van der Waals surface area contributed by atoms with E-state index in [9.17, 15) is 0 Å². The Morgan fingerprint density at radius 2 is 1.86 bits per heavy atom. The van der Waals surface area contributed by atoms with Gasteiger partial charge in [0.25, 0.3) is 0 Å². The second-order valence-electron chi connectivity index (χ2n) is 5.13. The first-order chi connectivity index (χ1) is 10.9. The molecule has 22 heavy (non-hydrogen) atoms. The summed E-state index contributed by atoms with van der Waals surface area (Å²) in [6.07, 6.45) is 8.23. The normalized spacial score (nSPS) is 11.1. The molecule has 108 valence electrons. The van der Waals surface area contributed by atoms with Crippen LogP contribution in [-0.2, 0) is 13.0 Å². The zero-order valence-corrected chi connectivity index (χ0v) is 12.0. The van der Waals surface area contributed by atoms with Crippen molar-refractivity contribution in [2.75, 3.05) is 0 Å². The topological polar surface area (TPSA) is 59.4 Å². The fraction of sp³-hybridized carbons (Fsp3) is 0.118. The molecule has 0 atom stereocenters. The van der Waals surface area contributed by atoms with Crippen LogP contribution in [0.4, 0.5) is 0 Å². The lowest BCUT2D eigenvalue weighted by molar-refractivity contribution is 0.684. The van der Waals surface area contributed by atoms with Crippen LogP contribution >= 0.6 is 0 Å². The minimum Gasteiger partial charge on any atom is -0.342 e. The molecule has 1 N–H and O–H groups in total. The molecule has 0 aliphatic rings. The van der Waals surface area contributed by atoms with Gasteiger partial charge in [0.05, 0.1) is 11.0 Å². The van der Waals surface area contributed by atoms with E-state index in [4.69, 9.17) is 0 Å². The number of hydrogen-bond acceptors (Lipinski definition) is 3. The zero-order chi connectivity index (χ0) is 14.8. The summed E-state index contributed by atoms with van der Waals surface area (Å²) < 4.78 is 2.14. The first kappa shape index (κ1) is 12.8. The van der Waals surface area contributed by atoms with Crippen LogP contribution in [0.5, 0.6) is 0 Å². The summed E-state index contributed by atoms with van der Waals surface area (Å²) in [4.78, 5) is 16.5. The van der Waals surface area contributed by atoms with E-state index >= 15 is 0 Å². The van der Waals surface area contributed by atoms with E-state index < -0.39 is 0 Å². The van der Waals surface area contributed by atoms with Crippen LogP contribution < -0.4 is 0 Å². The Morgan fingerprint density at radius 1 is 1.00 bits per heavy atom. The first-order valence-electron chi connectivity index (χ1n) is 7.25. The molecular weight excluding hydrogens is 274 g/mol. The number of rotatable bonds is 4. The van der Waals surface area contributed by atoms with Crippen molar-refractivity contribution >= 4 is 11.0 Å². The molecule has 5 nitrogen and oxygen atoms in total. The number of aromatic nitrogens is 5. The van der Waals surface area contributed by atoms with E-state index in [2.05, 4.69) is 24.5 Å². The molecule has 0 saturated carbocycles. The molecule has 5 heteroatoms. The lowest BCUT2D eigenvalue weighted by Gasteiger charge is -2.06. The molecule has 4 rings (SSSR count). The molecule has 0 radical (unpaired) electrons. The standard InChI is InChI=1S/C17H15N5/c1-2-4-15-14(3-1)20-16(21-15)7-11-22-12-10-19-17(22)13-5-8-18-9-6-13/h1-6,8-10,12H,7,11H2,(H,20,21). The number of hydrogen-bond donors (Lipinski definition) is 1. The SMILES string of the molecule is c1ccc2[nH]c(CCn3ccnc3-c3ccncc3)nc2c1. The van der Waals surface area contributed by atoms with Crippen molar-refractivity contribution in [3.05, 3.63) is 67.0 Å². The number of benzene rings is 1. The van der Waals surface area contributed by atoms with Crippen LogP contribution in [0.25, 0.3) is 22.4 Å². The van der Waals surface area contributed by atoms with Crippen molar-refractivity contribution in [1.82, 2.24) is 24.5 Å². The number of para-hydroxylation sites is 2. The van der Waals surface area contributed by atoms with E-state index in [1.165, 1.54) is 0 Å². The maximum absolute atomic E-state index is 4.62. The lowest BCUT2D eigenvalue weighted by atomic mass is 10.2. The van der Waals surface area contributed by atoms with Gasteiger partial charge in [0.15, 0.2) is 0 Å². The Hall–Kier alpha value is -2.95. The highest BCUT2D eigenvalue weighted by atomic mass is 15.1. The van der Waals surface area contributed by atoms with Crippen LogP contribution in [0.2, 0.25) is 0 Å². The largest absolute Gasteiger partial charge is 0.342 e. The van der Waals surface area contributed by atoms with Gasteiger partial charge in [-0.05, 0) is 24.3 Å². The monoisotopic (exact) mass is 289 g/mol. The van der Waals surface area contributed by atoms with Gasteiger partial charge in [0.1, 0.15) is 11.6 Å². The summed E-state index contributed by atoms with van der Waals surface area (Å²) in [6, 6.07) is 12.0. The van der Waals surface area contributed by atoms with E-state index in [1.807, 2.05) is 48.8 Å². The summed E-state index contributed by atoms with van der Waals surface area (Å²) in [5, 5.41) is 0. The number of aromatic amines is 1. The third-order valence-electron chi connectivity index (χ3n) is 3.68. The third-order valence-corrected chi connectivity index (χ3v) is 3.68. The van der Waals surface area contributed by atoms with Crippen LogP contribution in [0, 0.1) is 0 Å². The minimum absolute atomic E-state index is 0.831. The highest BCUT2D eigenvalue weighted by Gasteiger charge is 2.07. The minimum atomic E-state index is 0.831. The number of H-pyrrole nitrogens is 1. The zero-order valence-electron chi connectivity index (χ0n) is 12.0. The quantitative estimate of drug-likeness (QED) is 0.628. The summed E-state index contributed by atoms with van der Waals surface area (Å²) in [7, 11) is 0. The van der Waals surface area contributed by atoms with E-state index in [1.54, 1.807) is 12.4 Å². The van der Waals surface area contributed by atoms with Gasteiger partial charge in [0.2, 0.25) is 0 Å². The smallest absolute Gasteiger partial charge is 0.140 e. The lowest BCUT2D eigenvalue weighted by Crippen LogP contribution is -2.03. The van der Waals surface area contributed by atoms with Gasteiger partial charge in [-0.1, -0.05) is 12.1 Å². The van der Waals surface area contributed by atoms with Gasteiger partial charge in [-0.15, -0.1) is 0 Å². The van der Waals surface area contributed by atoms with Crippen molar-refractivity contribution < 1.29 is 0 Å². The maximum Gasteiger partial charge on any atom is 0.140 e. The molecule has 1 aromatic carbocycles. The number of aryl methyl sites for hydroxylation is 2. The number of imidazole rings is 2. The Labute approximate surface area is 127 Å². The van der Waals surface area contributed by atoms with Gasteiger partial charge in [-0.3, -0.25) is 4.98 Å². The van der Waals surface area contributed by atoms with Gasteiger partial charge in [-0.2, -0.15) is 0 Å². The van der Waals surface area contributed by atoms with Crippen molar-refractivity contribution in [3.8, 4) is 11.4 Å². The van der Waals surface area contributed by atoms with Crippen molar-refractivity contribution in [2.24, 2.45) is 0 Å². The molecule has 0 spiro atoms. The van der Waals surface area contributed by atoms with Gasteiger partial charge < -0.3 is 9.55 Å². The van der Waals surface area contributed by atoms with Crippen LogP contribution in [-0.4, -0.2) is 24.5 Å². The third kappa shape index (κ3) is 2.37. The molecule has 4 aromatic rings. The molecule has 0 fully saturated rings. The Kier molecular flexibility index (Phi) is 3.16. The van der Waals surface area contributed by atoms with Gasteiger partial charge in [-0.25, -0.2) is 9.97 Å². The van der Waals surface area contributed by atoms with Crippen LogP contribution in [0.15, 0.2) is 61.2 Å². The van der Waals surface area contributed by atoms with Gasteiger partial charge >= 0.3 is 0 Å². The Balaban J connectivity index is 1.56. The van der Waals surface area contributed by atoms with Crippen molar-refractivity contribution in [3.63, 3.8) is 0 Å². The second kappa shape index (κ2) is 5.44. The predicted molar refractivity (Wildman–Crippen MR) is 85.3 cm³/mol. The molecular formula is C17H15N5. The maximum atomic E-state index is 4.62. The van der Waals surface area contributed by atoms with Crippen molar-refractivity contribution in [1.29, 1.82) is 0 Å². The molecule has 0 aliphatic carbocycles. The number of fused-ring (bicyclic) bond motifs is 1. The summed E-state index contributed by atoms with van der Waals surface area (Å²) in [5.41, 5.74) is 3.17. The van der Waals surface area contributed by atoms with Gasteiger partial charge in [0, 0.05) is 43.3 Å². The first-order valence-corrected chi connectivity index (χ1v) is 7.25. The molecule has 0 aliphatic heterocycles. The molecule has 0 saturated heterocycles. The Bertz CT molecular complexity index is 858. The van der Waals surface area contributed by atoms with E-state index in [-0.39, 0.29) is 0 Å². The summed E-state index contributed by atoms with van der Waals surface area (Å²) >= 11 is 0. The highest BCUT2D eigenvalue weighted by Crippen LogP contribution is 2.17. The second-order valence-corrected chi connectivity index (χ2v) is 5.13. The van der Waals surface area contributed by atoms with E-state index in [0.717, 1.165) is 41.2 Å². The number of pyridine rings is 1. The number of nitrogens with one attached hydrogen (secondary N) is 1. The predicted octanol–water partition coefficient (Wildman–Crippen LogP) is 3.06. The molecule has 0 bridgehead atoms. The highest BCUT2D eigenvalue weighted by molar-refractivity contribution is 5.74. The molecule has 3 aromatic heterocycles. The fourth-order valence-corrected chi connectivity index (χ4v) is 2.60. The van der Waals surface area contributed by atoms with E-state index in [0.29, 0.717) is 0 Å². The summed E-state index contributed by atoms with van der Waals surface area (Å²) in [6.45, 7) is 0.831. The Morgan fingerprint density at radius 3 is 2.73 bits per heavy atom. The average molecular weight is 289 g/mol. The molecule has 3 heterocycles. The van der Waals surface area contributed by atoms with Crippen LogP contribution in [0.3, 0.4) is 0 Å².